The van der Waals surface area contributed by atoms with Gasteiger partial charge in [0.05, 0.1) is 9.85 Å². The SMILES string of the molecule is O=[N+]([O-])c1ccc(Nc2nnc(-c3ccc([N+](=O)[O-])cc3)s2)cc1. The van der Waals surface area contributed by atoms with Crippen LogP contribution in [0, 0.1) is 20.2 Å². The molecule has 0 atom stereocenters. The van der Waals surface area contributed by atoms with Crippen molar-refractivity contribution in [2.24, 2.45) is 0 Å². The molecule has 0 fully saturated rings. The molecule has 0 saturated heterocycles. The molecule has 1 N–H and O–H groups in total. The Labute approximate surface area is 138 Å². The van der Waals surface area contributed by atoms with Crippen molar-refractivity contribution in [1.29, 1.82) is 0 Å². The summed E-state index contributed by atoms with van der Waals surface area (Å²) in [5, 5.41) is 33.4. The van der Waals surface area contributed by atoms with Gasteiger partial charge in [-0.05, 0) is 24.3 Å². The van der Waals surface area contributed by atoms with Crippen LogP contribution in [0.3, 0.4) is 0 Å². The van der Waals surface area contributed by atoms with E-state index in [1.807, 2.05) is 0 Å². The molecule has 3 aromatic rings. The van der Waals surface area contributed by atoms with Crippen LogP contribution in [0.5, 0.6) is 0 Å². The Balaban J connectivity index is 1.75. The van der Waals surface area contributed by atoms with Gasteiger partial charge in [0, 0.05) is 35.5 Å². The summed E-state index contributed by atoms with van der Waals surface area (Å²) in [5.74, 6) is 0. The molecule has 0 amide bonds. The summed E-state index contributed by atoms with van der Waals surface area (Å²) in [6, 6.07) is 11.9. The number of nitrogens with zero attached hydrogens (tertiary/aromatic N) is 4. The van der Waals surface area contributed by atoms with Crippen molar-refractivity contribution < 1.29 is 9.85 Å². The van der Waals surface area contributed by atoms with E-state index in [0.29, 0.717) is 15.8 Å². The third kappa shape index (κ3) is 3.33. The summed E-state index contributed by atoms with van der Waals surface area (Å²) in [7, 11) is 0. The second-order valence-corrected chi connectivity index (χ2v) is 5.62. The predicted octanol–water partition coefficient (Wildman–Crippen LogP) is 3.77. The molecule has 0 unspecified atom stereocenters. The number of nitrogens with one attached hydrogen (secondary N) is 1. The maximum atomic E-state index is 10.7. The van der Waals surface area contributed by atoms with Gasteiger partial charge in [0.15, 0.2) is 0 Å². The number of rotatable bonds is 5. The van der Waals surface area contributed by atoms with Crippen LogP contribution in [-0.4, -0.2) is 20.0 Å². The average Bonchev–Trinajstić information content (AvgIpc) is 3.04. The van der Waals surface area contributed by atoms with Crippen molar-refractivity contribution in [2.75, 3.05) is 5.32 Å². The van der Waals surface area contributed by atoms with E-state index in [1.165, 1.54) is 35.6 Å². The van der Waals surface area contributed by atoms with Crippen LogP contribution in [0.25, 0.3) is 10.6 Å². The molecule has 0 aliphatic heterocycles. The summed E-state index contributed by atoms with van der Waals surface area (Å²) in [4.78, 5) is 20.3. The van der Waals surface area contributed by atoms with Gasteiger partial charge in [-0.3, -0.25) is 20.2 Å². The number of non-ortho nitro benzene ring substituents is 2. The first-order chi connectivity index (χ1) is 11.5. The molecule has 3 rings (SSSR count). The lowest BCUT2D eigenvalue weighted by atomic mass is 10.2. The van der Waals surface area contributed by atoms with E-state index in [-0.39, 0.29) is 11.4 Å². The van der Waals surface area contributed by atoms with Crippen LogP contribution < -0.4 is 5.32 Å². The monoisotopic (exact) mass is 343 g/mol. The summed E-state index contributed by atoms with van der Waals surface area (Å²) < 4.78 is 0. The first-order valence-corrected chi connectivity index (χ1v) is 7.44. The zero-order chi connectivity index (χ0) is 17.1. The first-order valence-electron chi connectivity index (χ1n) is 6.63. The standard InChI is InChI=1S/C14H9N5O4S/c20-18(21)11-5-1-9(2-6-11)13-16-17-14(24-13)15-10-3-7-12(8-4-10)19(22)23/h1-8H,(H,15,17). The molecular weight excluding hydrogens is 334 g/mol. The topological polar surface area (TPSA) is 124 Å². The zero-order valence-corrected chi connectivity index (χ0v) is 12.8. The smallest absolute Gasteiger partial charge is 0.269 e. The number of nitro benzene ring substituents is 2. The highest BCUT2D eigenvalue weighted by molar-refractivity contribution is 7.18. The van der Waals surface area contributed by atoms with Gasteiger partial charge >= 0.3 is 0 Å². The minimum Gasteiger partial charge on any atom is -0.330 e. The largest absolute Gasteiger partial charge is 0.330 e. The number of aromatic nitrogens is 2. The number of hydrogen-bond acceptors (Lipinski definition) is 8. The molecule has 0 saturated carbocycles. The second kappa shape index (κ2) is 6.38. The molecule has 120 valence electrons. The highest BCUT2D eigenvalue weighted by Crippen LogP contribution is 2.29. The molecule has 0 aliphatic carbocycles. The Hall–Kier alpha value is -3.40. The second-order valence-electron chi connectivity index (χ2n) is 4.65. The Kier molecular flexibility index (Phi) is 4.12. The normalized spacial score (nSPS) is 10.3. The van der Waals surface area contributed by atoms with Gasteiger partial charge in [-0.2, -0.15) is 0 Å². The summed E-state index contributed by atoms with van der Waals surface area (Å²) >= 11 is 1.27. The fourth-order valence-corrected chi connectivity index (χ4v) is 2.68. The third-order valence-corrected chi connectivity index (χ3v) is 3.97. The number of nitro groups is 2. The van der Waals surface area contributed by atoms with Crippen molar-refractivity contribution >= 4 is 33.5 Å². The quantitative estimate of drug-likeness (QED) is 0.552. The van der Waals surface area contributed by atoms with E-state index in [4.69, 9.17) is 0 Å². The summed E-state index contributed by atoms with van der Waals surface area (Å²) in [6.07, 6.45) is 0. The number of hydrogen-bond donors (Lipinski definition) is 1. The van der Waals surface area contributed by atoms with Crippen LogP contribution >= 0.6 is 11.3 Å². The van der Waals surface area contributed by atoms with E-state index in [9.17, 15) is 20.2 Å². The Bertz CT molecular complexity index is 892. The molecule has 10 heteroatoms. The third-order valence-electron chi connectivity index (χ3n) is 3.08. The van der Waals surface area contributed by atoms with Crippen LogP contribution in [0.2, 0.25) is 0 Å². The van der Waals surface area contributed by atoms with E-state index >= 15 is 0 Å². The van der Waals surface area contributed by atoms with Crippen molar-refractivity contribution in [3.05, 3.63) is 68.8 Å². The van der Waals surface area contributed by atoms with Crippen LogP contribution in [0.4, 0.5) is 22.2 Å². The average molecular weight is 343 g/mol. The number of benzene rings is 2. The zero-order valence-electron chi connectivity index (χ0n) is 11.9. The van der Waals surface area contributed by atoms with Gasteiger partial charge in [-0.1, -0.05) is 11.3 Å². The van der Waals surface area contributed by atoms with Crippen LogP contribution in [0.1, 0.15) is 0 Å². The molecule has 1 aromatic heterocycles. The summed E-state index contributed by atoms with van der Waals surface area (Å²) in [5.41, 5.74) is 1.37. The van der Waals surface area contributed by atoms with Gasteiger partial charge in [0.25, 0.3) is 11.4 Å². The van der Waals surface area contributed by atoms with Gasteiger partial charge in [0.2, 0.25) is 5.13 Å². The van der Waals surface area contributed by atoms with Crippen molar-refractivity contribution in [2.45, 2.75) is 0 Å². The fourth-order valence-electron chi connectivity index (χ4n) is 1.91. The van der Waals surface area contributed by atoms with E-state index in [2.05, 4.69) is 15.5 Å². The Morgan fingerprint density at radius 3 is 1.92 bits per heavy atom. The molecule has 0 bridgehead atoms. The maximum absolute atomic E-state index is 10.7. The maximum Gasteiger partial charge on any atom is 0.269 e. The number of anilines is 2. The molecule has 2 aromatic carbocycles. The van der Waals surface area contributed by atoms with Crippen LogP contribution in [0.15, 0.2) is 48.5 Å². The Morgan fingerprint density at radius 2 is 1.38 bits per heavy atom. The van der Waals surface area contributed by atoms with Gasteiger partial charge in [-0.25, -0.2) is 0 Å². The van der Waals surface area contributed by atoms with Crippen molar-refractivity contribution in [3.8, 4) is 10.6 Å². The Morgan fingerprint density at radius 1 is 0.833 bits per heavy atom. The van der Waals surface area contributed by atoms with Gasteiger partial charge in [-0.15, -0.1) is 10.2 Å². The van der Waals surface area contributed by atoms with Crippen molar-refractivity contribution in [1.82, 2.24) is 10.2 Å². The highest BCUT2D eigenvalue weighted by atomic mass is 32.1. The predicted molar refractivity (Wildman–Crippen MR) is 88.4 cm³/mol. The lowest BCUT2D eigenvalue weighted by Crippen LogP contribution is -1.91. The minimum absolute atomic E-state index is 0.00406. The van der Waals surface area contributed by atoms with Crippen molar-refractivity contribution in [3.63, 3.8) is 0 Å². The van der Waals surface area contributed by atoms with E-state index in [0.717, 1.165) is 5.56 Å². The van der Waals surface area contributed by atoms with Crippen LogP contribution in [-0.2, 0) is 0 Å². The lowest BCUT2D eigenvalue weighted by molar-refractivity contribution is -0.385. The summed E-state index contributed by atoms with van der Waals surface area (Å²) in [6.45, 7) is 0. The highest BCUT2D eigenvalue weighted by Gasteiger charge is 2.10. The molecule has 9 nitrogen and oxygen atoms in total. The molecule has 0 radical (unpaired) electrons. The molecule has 1 heterocycles. The van der Waals surface area contributed by atoms with E-state index < -0.39 is 9.85 Å². The fraction of sp³-hybridized carbons (Fsp3) is 0. The van der Waals surface area contributed by atoms with Gasteiger partial charge < -0.3 is 5.32 Å². The van der Waals surface area contributed by atoms with Gasteiger partial charge in [0.1, 0.15) is 5.01 Å². The first kappa shape index (κ1) is 15.5. The molecule has 0 spiro atoms. The lowest BCUT2D eigenvalue weighted by Gasteiger charge is -2.00. The minimum atomic E-state index is -0.471. The molecular formula is C14H9N5O4S. The van der Waals surface area contributed by atoms with E-state index in [1.54, 1.807) is 24.3 Å². The molecule has 0 aliphatic rings. The molecule has 24 heavy (non-hydrogen) atoms.